The van der Waals surface area contributed by atoms with Crippen molar-refractivity contribution in [1.82, 2.24) is 5.32 Å². The Labute approximate surface area is 125 Å². The summed E-state index contributed by atoms with van der Waals surface area (Å²) < 4.78 is 14.4. The summed E-state index contributed by atoms with van der Waals surface area (Å²) in [6, 6.07) is 14.2. The van der Waals surface area contributed by atoms with Crippen LogP contribution in [0.3, 0.4) is 0 Å². The molecule has 0 radical (unpaired) electrons. The van der Waals surface area contributed by atoms with Crippen molar-refractivity contribution in [2.45, 2.75) is 25.9 Å². The van der Waals surface area contributed by atoms with Gasteiger partial charge >= 0.3 is 0 Å². The van der Waals surface area contributed by atoms with E-state index in [1.54, 1.807) is 6.07 Å². The van der Waals surface area contributed by atoms with Crippen LogP contribution in [0.5, 0.6) is 0 Å². The van der Waals surface area contributed by atoms with E-state index >= 15 is 0 Å². The Bertz CT molecular complexity index is 639. The number of hydrogen-bond acceptors (Lipinski definition) is 2. The van der Waals surface area contributed by atoms with Gasteiger partial charge in [0.05, 0.1) is 5.69 Å². The van der Waals surface area contributed by atoms with Crippen molar-refractivity contribution in [2.75, 3.05) is 18.5 Å². The highest BCUT2D eigenvalue weighted by Gasteiger charge is 2.19. The fourth-order valence-corrected chi connectivity index (χ4v) is 2.92. The monoisotopic (exact) mass is 284 g/mol. The second-order valence-corrected chi connectivity index (χ2v) is 5.66. The molecule has 0 fully saturated rings. The van der Waals surface area contributed by atoms with Gasteiger partial charge in [-0.05, 0) is 49.2 Å². The lowest BCUT2D eigenvalue weighted by Gasteiger charge is -2.31. The molecule has 0 aliphatic carbocycles. The first-order valence-corrected chi connectivity index (χ1v) is 7.47. The number of hydrogen-bond donors (Lipinski definition) is 1. The average Bonchev–Trinajstić information content (AvgIpc) is 2.53. The minimum atomic E-state index is -0.131. The maximum absolute atomic E-state index is 14.4. The first-order valence-electron chi connectivity index (χ1n) is 7.47. The summed E-state index contributed by atoms with van der Waals surface area (Å²) in [5.74, 6) is -0.131. The standard InChI is InChI=1S/C18H21FN2/c1-13(20-2)15-7-8-18(17(19)11-15)21-10-9-14-5-3-4-6-16(14)12-21/h3-8,11,13,20H,9-10,12H2,1-2H3. The minimum absolute atomic E-state index is 0.131. The molecule has 1 aliphatic rings. The predicted octanol–water partition coefficient (Wildman–Crippen LogP) is 3.67. The van der Waals surface area contributed by atoms with Crippen molar-refractivity contribution >= 4 is 5.69 Å². The predicted molar refractivity (Wildman–Crippen MR) is 85.1 cm³/mol. The number of nitrogens with zero attached hydrogens (tertiary/aromatic N) is 1. The van der Waals surface area contributed by atoms with Crippen LogP contribution in [0.25, 0.3) is 0 Å². The molecule has 2 aromatic carbocycles. The van der Waals surface area contributed by atoms with Crippen molar-refractivity contribution < 1.29 is 4.39 Å². The SMILES string of the molecule is CNC(C)c1ccc(N2CCc3ccccc3C2)c(F)c1. The molecular formula is C18H21FN2. The molecule has 1 heterocycles. The lowest BCUT2D eigenvalue weighted by Crippen LogP contribution is -2.31. The second kappa shape index (κ2) is 5.86. The van der Waals surface area contributed by atoms with Gasteiger partial charge < -0.3 is 10.2 Å². The van der Waals surface area contributed by atoms with Gasteiger partial charge in [-0.25, -0.2) is 4.39 Å². The third kappa shape index (κ3) is 2.79. The normalized spacial score (nSPS) is 15.7. The molecule has 0 aromatic heterocycles. The lowest BCUT2D eigenvalue weighted by atomic mass is 9.99. The number of anilines is 1. The quantitative estimate of drug-likeness (QED) is 0.925. The Hall–Kier alpha value is -1.87. The van der Waals surface area contributed by atoms with E-state index in [9.17, 15) is 4.39 Å². The molecule has 2 nitrogen and oxygen atoms in total. The second-order valence-electron chi connectivity index (χ2n) is 5.66. The summed E-state index contributed by atoms with van der Waals surface area (Å²) in [7, 11) is 1.89. The van der Waals surface area contributed by atoms with Crippen LogP contribution in [0, 0.1) is 5.82 Å². The Morgan fingerprint density at radius 2 is 1.90 bits per heavy atom. The summed E-state index contributed by atoms with van der Waals surface area (Å²) in [6.45, 7) is 3.69. The van der Waals surface area contributed by atoms with Gasteiger partial charge in [-0.2, -0.15) is 0 Å². The third-order valence-electron chi connectivity index (χ3n) is 4.38. The van der Waals surface area contributed by atoms with Crippen molar-refractivity contribution in [3.05, 3.63) is 65.0 Å². The molecule has 3 rings (SSSR count). The highest BCUT2D eigenvalue weighted by atomic mass is 19.1. The number of halogens is 1. The highest BCUT2D eigenvalue weighted by Crippen LogP contribution is 2.28. The Balaban J connectivity index is 1.85. The number of benzene rings is 2. The molecule has 0 saturated carbocycles. The molecule has 0 spiro atoms. The van der Waals surface area contributed by atoms with Gasteiger partial charge in [0.2, 0.25) is 0 Å². The van der Waals surface area contributed by atoms with Crippen molar-refractivity contribution in [3.8, 4) is 0 Å². The topological polar surface area (TPSA) is 15.3 Å². The summed E-state index contributed by atoms with van der Waals surface area (Å²) >= 11 is 0. The summed E-state index contributed by atoms with van der Waals surface area (Å²) in [5, 5.41) is 3.14. The van der Waals surface area contributed by atoms with Gasteiger partial charge in [-0.1, -0.05) is 30.3 Å². The van der Waals surface area contributed by atoms with Crippen molar-refractivity contribution in [1.29, 1.82) is 0 Å². The van der Waals surface area contributed by atoms with Crippen molar-refractivity contribution in [3.63, 3.8) is 0 Å². The zero-order valence-corrected chi connectivity index (χ0v) is 12.6. The van der Waals surface area contributed by atoms with Crippen LogP contribution < -0.4 is 10.2 Å². The molecule has 1 N–H and O–H groups in total. The van der Waals surface area contributed by atoms with Crippen LogP contribution in [0.2, 0.25) is 0 Å². The average molecular weight is 284 g/mol. The summed E-state index contributed by atoms with van der Waals surface area (Å²) in [6.07, 6.45) is 0.976. The van der Waals surface area contributed by atoms with E-state index in [0.717, 1.165) is 25.1 Å². The molecule has 0 saturated heterocycles. The van der Waals surface area contributed by atoms with Gasteiger partial charge in [0.25, 0.3) is 0 Å². The van der Waals surface area contributed by atoms with Crippen LogP contribution in [-0.4, -0.2) is 13.6 Å². The van der Waals surface area contributed by atoms with Crippen LogP contribution in [0.1, 0.15) is 29.7 Å². The molecule has 1 aliphatic heterocycles. The molecule has 1 atom stereocenters. The largest absolute Gasteiger partial charge is 0.364 e. The maximum Gasteiger partial charge on any atom is 0.146 e. The van der Waals surface area contributed by atoms with E-state index in [-0.39, 0.29) is 11.9 Å². The zero-order valence-electron chi connectivity index (χ0n) is 12.6. The molecule has 21 heavy (non-hydrogen) atoms. The fraction of sp³-hybridized carbons (Fsp3) is 0.333. The van der Waals surface area contributed by atoms with Crippen LogP contribution in [0.4, 0.5) is 10.1 Å². The van der Waals surface area contributed by atoms with E-state index in [0.29, 0.717) is 5.69 Å². The van der Waals surface area contributed by atoms with Crippen LogP contribution in [0.15, 0.2) is 42.5 Å². The van der Waals surface area contributed by atoms with E-state index in [1.165, 1.54) is 11.1 Å². The fourth-order valence-electron chi connectivity index (χ4n) is 2.92. The first kappa shape index (κ1) is 14.1. The Morgan fingerprint density at radius 1 is 1.14 bits per heavy atom. The van der Waals surface area contributed by atoms with Crippen molar-refractivity contribution in [2.24, 2.45) is 0 Å². The van der Waals surface area contributed by atoms with E-state index in [4.69, 9.17) is 0 Å². The van der Waals surface area contributed by atoms with Crippen LogP contribution in [-0.2, 0) is 13.0 Å². The zero-order chi connectivity index (χ0) is 14.8. The van der Waals surface area contributed by atoms with Gasteiger partial charge in [-0.3, -0.25) is 0 Å². The number of nitrogens with one attached hydrogen (secondary N) is 1. The van der Waals surface area contributed by atoms with Gasteiger partial charge in [0, 0.05) is 19.1 Å². The minimum Gasteiger partial charge on any atom is -0.364 e. The number of rotatable bonds is 3. The molecule has 1 unspecified atom stereocenters. The first-order chi connectivity index (χ1) is 10.2. The Kier molecular flexibility index (Phi) is 3.93. The molecule has 3 heteroatoms. The third-order valence-corrected chi connectivity index (χ3v) is 4.38. The maximum atomic E-state index is 14.4. The summed E-state index contributed by atoms with van der Waals surface area (Å²) in [4.78, 5) is 2.13. The van der Waals surface area contributed by atoms with E-state index in [1.807, 2.05) is 26.1 Å². The molecule has 0 amide bonds. The molecule has 2 aromatic rings. The molecule has 0 bridgehead atoms. The van der Waals surface area contributed by atoms with E-state index < -0.39 is 0 Å². The number of fused-ring (bicyclic) bond motifs is 1. The van der Waals surface area contributed by atoms with Gasteiger partial charge in [-0.15, -0.1) is 0 Å². The van der Waals surface area contributed by atoms with Gasteiger partial charge in [0.1, 0.15) is 5.82 Å². The highest BCUT2D eigenvalue weighted by molar-refractivity contribution is 5.52. The Morgan fingerprint density at radius 3 is 2.62 bits per heavy atom. The lowest BCUT2D eigenvalue weighted by molar-refractivity contribution is 0.596. The summed E-state index contributed by atoms with van der Waals surface area (Å²) in [5.41, 5.74) is 4.37. The molecular weight excluding hydrogens is 263 g/mol. The molecule has 110 valence electrons. The smallest absolute Gasteiger partial charge is 0.146 e. The van der Waals surface area contributed by atoms with Crippen LogP contribution >= 0.6 is 0 Å². The van der Waals surface area contributed by atoms with E-state index in [2.05, 4.69) is 34.5 Å². The van der Waals surface area contributed by atoms with Gasteiger partial charge in [0.15, 0.2) is 0 Å².